The van der Waals surface area contributed by atoms with Gasteiger partial charge in [-0.15, -0.1) is 0 Å². The fraction of sp³-hybridized carbons (Fsp3) is 0.684. The minimum atomic E-state index is -0.853. The first-order valence-electron chi connectivity index (χ1n) is 16.5. The van der Waals surface area contributed by atoms with Crippen molar-refractivity contribution in [3.05, 3.63) is 45.0 Å². The Morgan fingerprint density at radius 2 is 1.69 bits per heavy atom. The van der Waals surface area contributed by atoms with Crippen LogP contribution >= 0.6 is 0 Å². The highest BCUT2D eigenvalue weighted by Gasteiger charge is 2.65. The highest BCUT2D eigenvalue weighted by Crippen LogP contribution is 2.67. The standard InChI is InChI=1S/C38H54O4/c1-11-12-13-14-15-28(40)17-16-27-18-29(22(2)3)30-20-36(8)21-37(9)19-23(4)31(26(7)39)35(42)38(37,10)25(6)33(36)34(41)32(30)24(27)5/h18,22-23,31H,11-17,19-21H2,1-10H3. The molecule has 4 heteroatoms. The second-order valence-corrected chi connectivity index (χ2v) is 15.2. The lowest BCUT2D eigenvalue weighted by atomic mass is 9.40. The molecular weight excluding hydrogens is 520 g/mol. The first-order valence-corrected chi connectivity index (χ1v) is 16.5. The number of unbranched alkanes of at least 4 members (excludes halogenated alkanes) is 3. The molecule has 5 atom stereocenters. The summed E-state index contributed by atoms with van der Waals surface area (Å²) < 4.78 is 0. The Kier molecular flexibility index (Phi) is 9.01. The molecule has 0 amide bonds. The summed E-state index contributed by atoms with van der Waals surface area (Å²) in [6.07, 6.45) is 8.50. The van der Waals surface area contributed by atoms with Crippen LogP contribution < -0.4 is 0 Å². The zero-order chi connectivity index (χ0) is 31.4. The molecule has 0 bridgehead atoms. The molecular formula is C38H54O4. The summed E-state index contributed by atoms with van der Waals surface area (Å²) in [6.45, 7) is 20.7. The monoisotopic (exact) mass is 574 g/mol. The summed E-state index contributed by atoms with van der Waals surface area (Å²) in [5.74, 6) is -0.0917. The zero-order valence-corrected chi connectivity index (χ0v) is 28.0. The van der Waals surface area contributed by atoms with E-state index in [0.717, 1.165) is 71.9 Å². The molecule has 4 nitrogen and oxygen atoms in total. The van der Waals surface area contributed by atoms with Crippen molar-refractivity contribution < 1.29 is 19.2 Å². The van der Waals surface area contributed by atoms with Crippen LogP contribution in [0.4, 0.5) is 0 Å². The minimum Gasteiger partial charge on any atom is -0.300 e. The van der Waals surface area contributed by atoms with E-state index in [1.54, 1.807) is 0 Å². The molecule has 0 radical (unpaired) electrons. The van der Waals surface area contributed by atoms with Crippen molar-refractivity contribution in [1.29, 1.82) is 0 Å². The molecule has 3 aliphatic rings. The van der Waals surface area contributed by atoms with Gasteiger partial charge in [-0.25, -0.2) is 0 Å². The van der Waals surface area contributed by atoms with Crippen LogP contribution in [0.25, 0.3) is 0 Å². The largest absolute Gasteiger partial charge is 0.300 e. The highest BCUT2D eigenvalue weighted by molar-refractivity contribution is 6.15. The van der Waals surface area contributed by atoms with Gasteiger partial charge in [-0.1, -0.05) is 72.4 Å². The van der Waals surface area contributed by atoms with E-state index in [-0.39, 0.29) is 40.0 Å². The molecule has 4 rings (SSSR count). The predicted molar refractivity (Wildman–Crippen MR) is 170 cm³/mol. The van der Waals surface area contributed by atoms with Gasteiger partial charge in [-0.05, 0) is 99.3 Å². The molecule has 0 aliphatic heterocycles. The van der Waals surface area contributed by atoms with Gasteiger partial charge < -0.3 is 0 Å². The van der Waals surface area contributed by atoms with Crippen LogP contribution in [0.2, 0.25) is 0 Å². The lowest BCUT2D eigenvalue weighted by molar-refractivity contribution is -0.154. The van der Waals surface area contributed by atoms with Crippen LogP contribution in [0.3, 0.4) is 0 Å². The number of carbonyl (C=O) groups excluding carboxylic acids is 4. The Morgan fingerprint density at radius 1 is 1.02 bits per heavy atom. The fourth-order valence-electron chi connectivity index (χ4n) is 9.47. The van der Waals surface area contributed by atoms with E-state index in [0.29, 0.717) is 25.0 Å². The number of Topliss-reactive ketones (excluding diaryl/α,β-unsaturated/α-hetero) is 4. The Hall–Kier alpha value is -2.36. The molecule has 0 aromatic heterocycles. The van der Waals surface area contributed by atoms with Gasteiger partial charge in [-0.3, -0.25) is 19.2 Å². The molecule has 5 unspecified atom stereocenters. The third kappa shape index (κ3) is 5.09. The van der Waals surface area contributed by atoms with E-state index in [1.807, 2.05) is 27.7 Å². The molecule has 3 aliphatic carbocycles. The Bertz CT molecular complexity index is 1350. The van der Waals surface area contributed by atoms with Crippen molar-refractivity contribution in [2.75, 3.05) is 0 Å². The van der Waals surface area contributed by atoms with Gasteiger partial charge in [0.25, 0.3) is 0 Å². The number of carbonyl (C=O) groups is 4. The van der Waals surface area contributed by atoms with Crippen molar-refractivity contribution in [3.63, 3.8) is 0 Å². The van der Waals surface area contributed by atoms with Gasteiger partial charge in [-0.2, -0.15) is 0 Å². The van der Waals surface area contributed by atoms with Gasteiger partial charge in [0.1, 0.15) is 11.6 Å². The lowest BCUT2D eigenvalue weighted by Crippen LogP contribution is -2.61. The van der Waals surface area contributed by atoms with Gasteiger partial charge in [0.05, 0.1) is 11.3 Å². The second-order valence-electron chi connectivity index (χ2n) is 15.2. The lowest BCUT2D eigenvalue weighted by Gasteiger charge is -2.61. The topological polar surface area (TPSA) is 68.3 Å². The summed E-state index contributed by atoms with van der Waals surface area (Å²) in [5, 5.41) is 0. The molecule has 1 fully saturated rings. The fourth-order valence-corrected chi connectivity index (χ4v) is 9.47. The van der Waals surface area contributed by atoms with Crippen LogP contribution in [0, 0.1) is 35.0 Å². The first kappa shape index (κ1) is 32.6. The van der Waals surface area contributed by atoms with Crippen molar-refractivity contribution in [3.8, 4) is 0 Å². The number of benzene rings is 1. The van der Waals surface area contributed by atoms with E-state index in [9.17, 15) is 19.2 Å². The van der Waals surface area contributed by atoms with E-state index in [4.69, 9.17) is 0 Å². The Morgan fingerprint density at radius 3 is 2.29 bits per heavy atom. The smallest absolute Gasteiger partial charge is 0.190 e. The summed E-state index contributed by atoms with van der Waals surface area (Å²) in [6, 6.07) is 2.28. The molecule has 0 saturated heterocycles. The molecule has 0 spiro atoms. The number of allylic oxidation sites excluding steroid dienone is 2. The number of hydrogen-bond donors (Lipinski definition) is 0. The average molecular weight is 575 g/mol. The summed E-state index contributed by atoms with van der Waals surface area (Å²) in [4.78, 5) is 54.4. The summed E-state index contributed by atoms with van der Waals surface area (Å²) >= 11 is 0. The van der Waals surface area contributed by atoms with Crippen LogP contribution in [0.5, 0.6) is 0 Å². The van der Waals surface area contributed by atoms with Crippen molar-refractivity contribution in [2.24, 2.45) is 28.1 Å². The molecule has 0 N–H and O–H groups in total. The maximum atomic E-state index is 14.8. The zero-order valence-electron chi connectivity index (χ0n) is 28.0. The SMILES string of the molecule is CCCCCCC(=O)CCc1cc(C(C)C)c2c(c1C)C(=O)C1=C(C)C3(C)C(=O)C(C(C)=O)C(C)CC3(C)CC1(C)C2. The number of aryl methyl sites for hydroxylation is 1. The Labute approximate surface area is 254 Å². The maximum Gasteiger partial charge on any atom is 0.190 e. The Balaban J connectivity index is 1.80. The van der Waals surface area contributed by atoms with Crippen LogP contribution in [-0.4, -0.2) is 23.1 Å². The maximum absolute atomic E-state index is 14.8. The van der Waals surface area contributed by atoms with E-state index in [1.165, 1.54) is 18.9 Å². The molecule has 0 heterocycles. The van der Waals surface area contributed by atoms with Crippen LogP contribution in [0.1, 0.15) is 152 Å². The minimum absolute atomic E-state index is 0.00677. The van der Waals surface area contributed by atoms with Crippen molar-refractivity contribution in [1.82, 2.24) is 0 Å². The third-order valence-electron chi connectivity index (χ3n) is 11.7. The third-order valence-corrected chi connectivity index (χ3v) is 11.7. The second kappa shape index (κ2) is 11.6. The van der Waals surface area contributed by atoms with Crippen LogP contribution in [0.15, 0.2) is 17.2 Å². The quantitative estimate of drug-likeness (QED) is 0.207. The van der Waals surface area contributed by atoms with Crippen LogP contribution in [-0.2, 0) is 27.2 Å². The normalized spacial score (nSPS) is 30.7. The highest BCUT2D eigenvalue weighted by atomic mass is 16.2. The molecule has 230 valence electrons. The van der Waals surface area contributed by atoms with Gasteiger partial charge >= 0.3 is 0 Å². The van der Waals surface area contributed by atoms with Crippen molar-refractivity contribution >= 4 is 23.1 Å². The van der Waals surface area contributed by atoms with Gasteiger partial charge in [0.2, 0.25) is 0 Å². The van der Waals surface area contributed by atoms with Gasteiger partial charge in [0, 0.05) is 29.4 Å². The first-order chi connectivity index (χ1) is 19.5. The van der Waals surface area contributed by atoms with E-state index in [2.05, 4.69) is 40.7 Å². The van der Waals surface area contributed by atoms with E-state index < -0.39 is 11.3 Å². The summed E-state index contributed by atoms with van der Waals surface area (Å²) in [7, 11) is 0. The summed E-state index contributed by atoms with van der Waals surface area (Å²) in [5.41, 5.74) is 5.36. The number of ketones is 4. The molecule has 42 heavy (non-hydrogen) atoms. The number of rotatable bonds is 10. The molecule has 1 aromatic rings. The average Bonchev–Trinajstić information content (AvgIpc) is 2.87. The van der Waals surface area contributed by atoms with E-state index >= 15 is 0 Å². The van der Waals surface area contributed by atoms with Gasteiger partial charge in [0.15, 0.2) is 11.6 Å². The molecule has 1 aromatic carbocycles. The molecule has 1 saturated carbocycles. The predicted octanol–water partition coefficient (Wildman–Crippen LogP) is 8.88. The number of hydrogen-bond acceptors (Lipinski definition) is 4. The number of fused-ring (bicyclic) bond motifs is 3. The van der Waals surface area contributed by atoms with Crippen molar-refractivity contribution in [2.45, 2.75) is 139 Å².